The fraction of sp³-hybridized carbons (Fsp3) is 0.700. The molecule has 3 heteroatoms. The van der Waals surface area contributed by atoms with Crippen molar-refractivity contribution in [3.05, 3.63) is 18.0 Å². The molecule has 0 bridgehead atoms. The number of nitrogens with two attached hydrogens (primary N) is 1. The van der Waals surface area contributed by atoms with Gasteiger partial charge in [0.1, 0.15) is 0 Å². The highest BCUT2D eigenvalue weighted by atomic mass is 15.2. The molecule has 0 fully saturated rings. The van der Waals surface area contributed by atoms with Gasteiger partial charge in [0.05, 0.1) is 6.20 Å². The maximum absolute atomic E-state index is 6.10. The molecule has 0 spiro atoms. The predicted octanol–water partition coefficient (Wildman–Crippen LogP) is 1.71. The lowest BCUT2D eigenvalue weighted by Gasteiger charge is -2.22. The molecule has 2 atom stereocenters. The van der Waals surface area contributed by atoms with Gasteiger partial charge in [-0.15, -0.1) is 0 Å². The van der Waals surface area contributed by atoms with Crippen LogP contribution < -0.4 is 5.73 Å². The van der Waals surface area contributed by atoms with Crippen LogP contribution in [0.5, 0.6) is 0 Å². The number of hydrogen-bond donors (Lipinski definition) is 1. The van der Waals surface area contributed by atoms with Crippen LogP contribution in [-0.2, 0) is 7.05 Å². The van der Waals surface area contributed by atoms with Crippen molar-refractivity contribution in [2.75, 3.05) is 0 Å². The minimum Gasteiger partial charge on any atom is -0.324 e. The maximum atomic E-state index is 6.10. The van der Waals surface area contributed by atoms with E-state index in [4.69, 9.17) is 5.73 Å². The van der Waals surface area contributed by atoms with Crippen LogP contribution in [0, 0.1) is 11.8 Å². The Balaban J connectivity index is 2.73. The van der Waals surface area contributed by atoms with E-state index in [1.165, 1.54) is 0 Å². The molecule has 1 aromatic heterocycles. The number of nitrogens with zero attached hydrogens (tertiary/aromatic N) is 2. The van der Waals surface area contributed by atoms with E-state index < -0.39 is 0 Å². The third-order valence-electron chi connectivity index (χ3n) is 2.73. The van der Waals surface area contributed by atoms with E-state index in [0.717, 1.165) is 5.56 Å². The van der Waals surface area contributed by atoms with Gasteiger partial charge in [-0.3, -0.25) is 4.68 Å². The molecule has 0 amide bonds. The Morgan fingerprint density at radius 1 is 1.38 bits per heavy atom. The van der Waals surface area contributed by atoms with E-state index in [2.05, 4.69) is 25.9 Å². The molecule has 0 saturated carbocycles. The van der Waals surface area contributed by atoms with Crippen molar-refractivity contribution in [2.24, 2.45) is 24.6 Å². The van der Waals surface area contributed by atoms with E-state index >= 15 is 0 Å². The molecule has 74 valence electrons. The summed E-state index contributed by atoms with van der Waals surface area (Å²) in [7, 11) is 1.91. The lowest BCUT2D eigenvalue weighted by atomic mass is 9.88. The van der Waals surface area contributed by atoms with Gasteiger partial charge in [-0.05, 0) is 11.8 Å². The van der Waals surface area contributed by atoms with Crippen LogP contribution in [0.15, 0.2) is 12.4 Å². The van der Waals surface area contributed by atoms with Crippen molar-refractivity contribution in [3.8, 4) is 0 Å². The molecule has 2 unspecified atom stereocenters. The predicted molar refractivity (Wildman–Crippen MR) is 54.1 cm³/mol. The lowest BCUT2D eigenvalue weighted by Crippen LogP contribution is -2.22. The van der Waals surface area contributed by atoms with Gasteiger partial charge < -0.3 is 5.73 Å². The lowest BCUT2D eigenvalue weighted by molar-refractivity contribution is 0.352. The topological polar surface area (TPSA) is 43.8 Å². The SMILES string of the molecule is CC(C)C(C)C(N)c1cnn(C)c1. The molecule has 0 aliphatic carbocycles. The smallest absolute Gasteiger partial charge is 0.0537 e. The first-order valence-corrected chi connectivity index (χ1v) is 4.76. The second-order valence-electron chi connectivity index (χ2n) is 4.08. The first kappa shape index (κ1) is 10.3. The van der Waals surface area contributed by atoms with E-state index in [9.17, 15) is 0 Å². The Morgan fingerprint density at radius 2 is 2.00 bits per heavy atom. The summed E-state index contributed by atoms with van der Waals surface area (Å²) in [6.45, 7) is 6.57. The Hall–Kier alpha value is -0.830. The van der Waals surface area contributed by atoms with Gasteiger partial charge in [-0.25, -0.2) is 0 Å². The second-order valence-corrected chi connectivity index (χ2v) is 4.08. The molecule has 1 heterocycles. The molecule has 3 nitrogen and oxygen atoms in total. The molecule has 0 saturated heterocycles. The Labute approximate surface area is 79.9 Å². The molecule has 13 heavy (non-hydrogen) atoms. The summed E-state index contributed by atoms with van der Waals surface area (Å²) < 4.78 is 1.79. The quantitative estimate of drug-likeness (QED) is 0.771. The largest absolute Gasteiger partial charge is 0.324 e. The highest BCUT2D eigenvalue weighted by molar-refractivity contribution is 5.10. The summed E-state index contributed by atoms with van der Waals surface area (Å²) in [6, 6.07) is 0.105. The van der Waals surface area contributed by atoms with Crippen molar-refractivity contribution < 1.29 is 0 Å². The molecular formula is C10H19N3. The van der Waals surface area contributed by atoms with Gasteiger partial charge >= 0.3 is 0 Å². The van der Waals surface area contributed by atoms with Crippen LogP contribution in [0.4, 0.5) is 0 Å². The van der Waals surface area contributed by atoms with Gasteiger partial charge in [0.15, 0.2) is 0 Å². The molecule has 1 aromatic rings. The van der Waals surface area contributed by atoms with Gasteiger partial charge in [0, 0.05) is 24.8 Å². The average Bonchev–Trinajstić information content (AvgIpc) is 2.49. The standard InChI is InChI=1S/C10H19N3/c1-7(2)8(3)10(11)9-5-12-13(4)6-9/h5-8,10H,11H2,1-4H3. The Morgan fingerprint density at radius 3 is 2.38 bits per heavy atom. The molecule has 0 radical (unpaired) electrons. The molecule has 1 rings (SSSR count). The third kappa shape index (κ3) is 2.31. The molecule has 0 aromatic carbocycles. The normalized spacial score (nSPS) is 16.2. The number of hydrogen-bond acceptors (Lipinski definition) is 2. The summed E-state index contributed by atoms with van der Waals surface area (Å²) in [6.07, 6.45) is 3.84. The summed E-state index contributed by atoms with van der Waals surface area (Å²) >= 11 is 0. The maximum Gasteiger partial charge on any atom is 0.0537 e. The van der Waals surface area contributed by atoms with Crippen LogP contribution in [0.1, 0.15) is 32.4 Å². The average molecular weight is 181 g/mol. The summed E-state index contributed by atoms with van der Waals surface area (Å²) in [5.74, 6) is 1.10. The van der Waals surface area contributed by atoms with E-state index in [0.29, 0.717) is 11.8 Å². The highest BCUT2D eigenvalue weighted by Gasteiger charge is 2.18. The van der Waals surface area contributed by atoms with Crippen LogP contribution in [0.3, 0.4) is 0 Å². The van der Waals surface area contributed by atoms with Gasteiger partial charge in [-0.2, -0.15) is 5.10 Å². The Kier molecular flexibility index (Phi) is 3.09. The van der Waals surface area contributed by atoms with Crippen molar-refractivity contribution in [1.82, 2.24) is 9.78 Å². The van der Waals surface area contributed by atoms with Crippen molar-refractivity contribution >= 4 is 0 Å². The van der Waals surface area contributed by atoms with Crippen LogP contribution >= 0.6 is 0 Å². The first-order valence-electron chi connectivity index (χ1n) is 4.76. The molecular weight excluding hydrogens is 162 g/mol. The fourth-order valence-electron chi connectivity index (χ4n) is 1.33. The fourth-order valence-corrected chi connectivity index (χ4v) is 1.33. The van der Waals surface area contributed by atoms with Crippen LogP contribution in [-0.4, -0.2) is 9.78 Å². The summed E-state index contributed by atoms with van der Waals surface area (Å²) in [5, 5.41) is 4.12. The summed E-state index contributed by atoms with van der Waals surface area (Å²) in [4.78, 5) is 0. The van der Waals surface area contributed by atoms with E-state index in [1.54, 1.807) is 4.68 Å². The molecule has 0 aliphatic heterocycles. The third-order valence-corrected chi connectivity index (χ3v) is 2.73. The van der Waals surface area contributed by atoms with Gasteiger partial charge in [0.2, 0.25) is 0 Å². The van der Waals surface area contributed by atoms with Crippen LogP contribution in [0.2, 0.25) is 0 Å². The van der Waals surface area contributed by atoms with Gasteiger partial charge in [-0.1, -0.05) is 20.8 Å². The zero-order valence-electron chi connectivity index (χ0n) is 8.86. The zero-order chi connectivity index (χ0) is 10.0. The van der Waals surface area contributed by atoms with E-state index in [-0.39, 0.29) is 6.04 Å². The molecule has 0 aliphatic rings. The van der Waals surface area contributed by atoms with Crippen LogP contribution in [0.25, 0.3) is 0 Å². The summed E-state index contributed by atoms with van der Waals surface area (Å²) in [5.41, 5.74) is 7.23. The minimum atomic E-state index is 0.105. The molecule has 2 N–H and O–H groups in total. The van der Waals surface area contributed by atoms with Gasteiger partial charge in [0.25, 0.3) is 0 Å². The van der Waals surface area contributed by atoms with E-state index in [1.807, 2.05) is 19.4 Å². The monoisotopic (exact) mass is 181 g/mol. The highest BCUT2D eigenvalue weighted by Crippen LogP contribution is 2.24. The van der Waals surface area contributed by atoms with Crippen molar-refractivity contribution in [2.45, 2.75) is 26.8 Å². The van der Waals surface area contributed by atoms with Crippen molar-refractivity contribution in [3.63, 3.8) is 0 Å². The number of aromatic nitrogens is 2. The zero-order valence-corrected chi connectivity index (χ0v) is 8.86. The Bertz CT molecular complexity index is 265. The first-order chi connectivity index (χ1) is 6.02. The second kappa shape index (κ2) is 3.92. The van der Waals surface area contributed by atoms with Crippen molar-refractivity contribution in [1.29, 1.82) is 0 Å². The minimum absolute atomic E-state index is 0.105. The number of aryl methyl sites for hydroxylation is 1. The number of rotatable bonds is 3.